The Morgan fingerprint density at radius 1 is 0.615 bits per heavy atom. The number of carbonyl (C=O) groups excluding carboxylic acids is 1. The summed E-state index contributed by atoms with van der Waals surface area (Å²) in [5.41, 5.74) is 0. The van der Waals surface area contributed by atoms with Gasteiger partial charge in [-0.3, -0.25) is 0 Å². The van der Waals surface area contributed by atoms with Crippen LogP contribution in [0, 0.1) is 0 Å². The molecule has 1 nitrogen and oxygen atoms in total. The van der Waals surface area contributed by atoms with Crippen molar-refractivity contribution in [2.45, 2.75) is 125 Å². The highest BCUT2D eigenvalue weighted by Crippen LogP contribution is 2.17. The van der Waals surface area contributed by atoms with E-state index in [1.54, 1.807) is 6.92 Å². The SMILES string of the molecule is CC.CC.CCCCCCCCSCSCCCCCCCCC(C)=O. The Balaban J connectivity index is -0.00000123. The predicted molar refractivity (Wildman–Crippen MR) is 129 cm³/mol. The fourth-order valence-corrected chi connectivity index (χ4v) is 4.68. The fraction of sp³-hybridized carbons (Fsp3) is 0.957. The van der Waals surface area contributed by atoms with Crippen LogP contribution in [0.2, 0.25) is 0 Å². The van der Waals surface area contributed by atoms with Gasteiger partial charge >= 0.3 is 0 Å². The minimum absolute atomic E-state index is 0.342. The topological polar surface area (TPSA) is 17.1 Å². The molecule has 0 aromatic rings. The van der Waals surface area contributed by atoms with Gasteiger partial charge in [0.25, 0.3) is 0 Å². The molecule has 0 aromatic carbocycles. The summed E-state index contributed by atoms with van der Waals surface area (Å²) >= 11 is 4.24. The zero-order chi connectivity index (χ0) is 20.3. The highest BCUT2D eigenvalue weighted by atomic mass is 32.2. The lowest BCUT2D eigenvalue weighted by Crippen LogP contribution is -1.89. The van der Waals surface area contributed by atoms with Crippen LogP contribution < -0.4 is 0 Å². The second-order valence-electron chi connectivity index (χ2n) is 6.28. The standard InChI is InChI=1S/C19H38OS2.2C2H6/c1-3-4-5-6-10-13-16-21-18-22-17-14-11-8-7-9-12-15-19(2)20;2*1-2/h3-18H2,1-2H3;2*1-2H3. The number of carbonyl (C=O) groups is 1. The molecule has 0 saturated heterocycles. The Morgan fingerprint density at radius 2 is 1.00 bits per heavy atom. The van der Waals surface area contributed by atoms with Crippen molar-refractivity contribution < 1.29 is 4.79 Å². The molecule has 0 saturated carbocycles. The van der Waals surface area contributed by atoms with E-state index < -0.39 is 0 Å². The van der Waals surface area contributed by atoms with Gasteiger partial charge < -0.3 is 4.79 Å². The van der Waals surface area contributed by atoms with Gasteiger partial charge in [0.15, 0.2) is 0 Å². The third kappa shape index (κ3) is 35.5. The van der Waals surface area contributed by atoms with E-state index in [0.717, 1.165) is 12.8 Å². The molecule has 0 fully saturated rings. The van der Waals surface area contributed by atoms with E-state index in [-0.39, 0.29) is 0 Å². The van der Waals surface area contributed by atoms with Crippen molar-refractivity contribution in [1.82, 2.24) is 0 Å². The molecule has 0 rings (SSSR count). The summed E-state index contributed by atoms with van der Waals surface area (Å²) in [7, 11) is 0. The van der Waals surface area contributed by atoms with Gasteiger partial charge in [0, 0.05) is 11.5 Å². The summed E-state index contributed by atoms with van der Waals surface area (Å²) in [5, 5.41) is 1.29. The van der Waals surface area contributed by atoms with Crippen molar-refractivity contribution >= 4 is 29.3 Å². The normalized spacial score (nSPS) is 9.77. The highest BCUT2D eigenvalue weighted by molar-refractivity contribution is 8.15. The predicted octanol–water partition coefficient (Wildman–Crippen LogP) is 9.14. The molecule has 0 radical (unpaired) electrons. The van der Waals surface area contributed by atoms with E-state index >= 15 is 0 Å². The minimum Gasteiger partial charge on any atom is -0.300 e. The molecule has 0 spiro atoms. The van der Waals surface area contributed by atoms with E-state index in [0.29, 0.717) is 5.78 Å². The molecule has 0 amide bonds. The Hall–Kier alpha value is 0.370. The van der Waals surface area contributed by atoms with Gasteiger partial charge in [-0.25, -0.2) is 0 Å². The van der Waals surface area contributed by atoms with Gasteiger partial charge in [-0.1, -0.05) is 92.4 Å². The molecule has 0 aliphatic rings. The average Bonchev–Trinajstić information content (AvgIpc) is 2.67. The van der Waals surface area contributed by atoms with Crippen LogP contribution in [0.3, 0.4) is 0 Å². The van der Waals surface area contributed by atoms with Crippen molar-refractivity contribution in [2.75, 3.05) is 16.6 Å². The van der Waals surface area contributed by atoms with E-state index in [2.05, 4.69) is 30.4 Å². The first-order chi connectivity index (χ1) is 12.8. The first kappa shape index (κ1) is 31.1. The number of thioether (sulfide) groups is 2. The average molecular weight is 407 g/mol. The van der Waals surface area contributed by atoms with Gasteiger partial charge in [0.2, 0.25) is 0 Å². The largest absolute Gasteiger partial charge is 0.300 e. The number of ketones is 1. The molecule has 26 heavy (non-hydrogen) atoms. The first-order valence-electron chi connectivity index (χ1n) is 11.4. The van der Waals surface area contributed by atoms with Crippen LogP contribution in [-0.2, 0) is 4.79 Å². The molecule has 0 unspecified atom stereocenters. The number of Topliss-reactive ketones (excluding diaryl/α,β-unsaturated/α-hetero) is 1. The highest BCUT2D eigenvalue weighted by Gasteiger charge is 1.96. The van der Waals surface area contributed by atoms with Crippen LogP contribution >= 0.6 is 23.5 Å². The molecule has 0 aliphatic heterocycles. The quantitative estimate of drug-likeness (QED) is 0.167. The Kier molecular flexibility index (Phi) is 39.4. The van der Waals surface area contributed by atoms with Gasteiger partial charge in [-0.2, -0.15) is 23.5 Å². The van der Waals surface area contributed by atoms with Gasteiger partial charge in [0.05, 0.1) is 0 Å². The summed E-state index contributed by atoms with van der Waals surface area (Å²) in [6.07, 6.45) is 17.0. The molecule has 3 heteroatoms. The Bertz CT molecular complexity index is 232. The van der Waals surface area contributed by atoms with Crippen LogP contribution in [0.1, 0.15) is 125 Å². The molecule has 0 atom stereocenters. The van der Waals surface area contributed by atoms with Crippen molar-refractivity contribution in [1.29, 1.82) is 0 Å². The summed E-state index contributed by atoms with van der Waals surface area (Å²) in [5.74, 6) is 3.03. The van der Waals surface area contributed by atoms with Crippen LogP contribution in [-0.4, -0.2) is 22.4 Å². The van der Waals surface area contributed by atoms with E-state index in [1.807, 2.05) is 27.7 Å². The smallest absolute Gasteiger partial charge is 0.129 e. The Labute approximate surface area is 175 Å². The van der Waals surface area contributed by atoms with Crippen LogP contribution in [0.4, 0.5) is 0 Å². The number of hydrogen-bond donors (Lipinski definition) is 0. The van der Waals surface area contributed by atoms with Gasteiger partial charge in [0.1, 0.15) is 5.78 Å². The maximum absolute atomic E-state index is 10.8. The minimum atomic E-state index is 0.342. The second kappa shape index (κ2) is 33.0. The van der Waals surface area contributed by atoms with E-state index in [1.165, 1.54) is 87.2 Å². The Morgan fingerprint density at radius 3 is 1.42 bits per heavy atom. The van der Waals surface area contributed by atoms with Crippen molar-refractivity contribution in [2.24, 2.45) is 0 Å². The first-order valence-corrected chi connectivity index (χ1v) is 13.7. The number of hydrogen-bond acceptors (Lipinski definition) is 3. The molecule has 0 N–H and O–H groups in total. The number of rotatable bonds is 18. The summed E-state index contributed by atoms with van der Waals surface area (Å²) < 4.78 is 0. The maximum Gasteiger partial charge on any atom is 0.129 e. The van der Waals surface area contributed by atoms with Gasteiger partial charge in [-0.15, -0.1) is 0 Å². The third-order valence-electron chi connectivity index (χ3n) is 3.88. The molecule has 0 aromatic heterocycles. The molecule has 0 heterocycles. The second-order valence-corrected chi connectivity index (χ2v) is 8.85. The van der Waals surface area contributed by atoms with Crippen LogP contribution in [0.5, 0.6) is 0 Å². The van der Waals surface area contributed by atoms with E-state index in [9.17, 15) is 4.79 Å². The molecule has 0 aliphatic carbocycles. The number of unbranched alkanes of at least 4 members (excludes halogenated alkanes) is 10. The van der Waals surface area contributed by atoms with Crippen LogP contribution in [0.25, 0.3) is 0 Å². The molecular weight excluding hydrogens is 356 g/mol. The lowest BCUT2D eigenvalue weighted by Gasteiger charge is -2.03. The molecule has 160 valence electrons. The zero-order valence-corrected chi connectivity index (χ0v) is 20.7. The van der Waals surface area contributed by atoms with Crippen LogP contribution in [0.15, 0.2) is 0 Å². The maximum atomic E-state index is 10.8. The summed E-state index contributed by atoms with van der Waals surface area (Å²) in [4.78, 5) is 10.8. The zero-order valence-electron chi connectivity index (χ0n) is 19.0. The lowest BCUT2D eigenvalue weighted by atomic mass is 10.1. The van der Waals surface area contributed by atoms with Crippen molar-refractivity contribution in [3.05, 3.63) is 0 Å². The molecular formula is C23H50OS2. The van der Waals surface area contributed by atoms with Gasteiger partial charge in [-0.05, 0) is 37.7 Å². The third-order valence-corrected chi connectivity index (χ3v) is 6.36. The van der Waals surface area contributed by atoms with Crippen molar-refractivity contribution in [3.63, 3.8) is 0 Å². The monoisotopic (exact) mass is 406 g/mol. The van der Waals surface area contributed by atoms with E-state index in [4.69, 9.17) is 0 Å². The molecule has 0 bridgehead atoms. The summed E-state index contributed by atoms with van der Waals surface area (Å²) in [6, 6.07) is 0. The fourth-order valence-electron chi connectivity index (χ4n) is 2.45. The van der Waals surface area contributed by atoms with Crippen molar-refractivity contribution in [3.8, 4) is 0 Å². The lowest BCUT2D eigenvalue weighted by molar-refractivity contribution is -0.117. The summed E-state index contributed by atoms with van der Waals surface area (Å²) in [6.45, 7) is 12.0.